The highest BCUT2D eigenvalue weighted by Gasteiger charge is 2.23. The Labute approximate surface area is 156 Å². The minimum Gasteiger partial charge on any atom is -0.491 e. The topological polar surface area (TPSA) is 37.1 Å². The van der Waals surface area contributed by atoms with Crippen molar-refractivity contribution in [3.8, 4) is 5.75 Å². The van der Waals surface area contributed by atoms with Crippen molar-refractivity contribution < 1.29 is 14.7 Å². The van der Waals surface area contributed by atoms with E-state index in [4.69, 9.17) is 4.74 Å². The van der Waals surface area contributed by atoms with Crippen molar-refractivity contribution in [3.63, 3.8) is 0 Å². The van der Waals surface area contributed by atoms with Gasteiger partial charge in [-0.05, 0) is 54.7 Å². The monoisotopic (exact) mass is 353 g/mol. The second-order valence-electron chi connectivity index (χ2n) is 7.53. The van der Waals surface area contributed by atoms with E-state index in [1.807, 2.05) is 6.07 Å². The maximum atomic E-state index is 10.4. The molecule has 1 saturated heterocycles. The lowest BCUT2D eigenvalue weighted by Crippen LogP contribution is -3.16. The van der Waals surface area contributed by atoms with Crippen LogP contribution < -0.4 is 14.5 Å². The zero-order valence-corrected chi connectivity index (χ0v) is 15.4. The van der Waals surface area contributed by atoms with Gasteiger partial charge in [0, 0.05) is 5.69 Å². The lowest BCUT2D eigenvalue weighted by atomic mass is 10.1. The van der Waals surface area contributed by atoms with E-state index in [0.29, 0.717) is 6.61 Å². The van der Waals surface area contributed by atoms with Crippen LogP contribution in [-0.4, -0.2) is 50.5 Å². The Kier molecular flexibility index (Phi) is 5.42. The summed E-state index contributed by atoms with van der Waals surface area (Å²) >= 11 is 0. The molecule has 26 heavy (non-hydrogen) atoms. The van der Waals surface area contributed by atoms with Crippen molar-refractivity contribution in [1.29, 1.82) is 0 Å². The van der Waals surface area contributed by atoms with E-state index < -0.39 is 6.10 Å². The van der Waals surface area contributed by atoms with Gasteiger partial charge in [0.25, 0.3) is 0 Å². The molecule has 0 aromatic heterocycles. The number of para-hydroxylation sites is 1. The van der Waals surface area contributed by atoms with E-state index in [9.17, 15) is 5.11 Å². The van der Waals surface area contributed by atoms with Crippen LogP contribution in [0.15, 0.2) is 48.5 Å². The summed E-state index contributed by atoms with van der Waals surface area (Å²) in [6.07, 6.45) is 3.18. The number of anilines is 1. The molecular weight excluding hydrogens is 324 g/mol. The molecule has 1 heterocycles. The Morgan fingerprint density at radius 1 is 1.00 bits per heavy atom. The van der Waals surface area contributed by atoms with Gasteiger partial charge in [0.05, 0.1) is 26.2 Å². The quantitative estimate of drug-likeness (QED) is 0.823. The lowest BCUT2D eigenvalue weighted by molar-refractivity contribution is -0.903. The van der Waals surface area contributed by atoms with Gasteiger partial charge >= 0.3 is 0 Å². The molecule has 2 aliphatic rings. The molecule has 0 bridgehead atoms. The molecule has 1 atom stereocenters. The number of hydrogen-bond acceptors (Lipinski definition) is 3. The zero-order chi connectivity index (χ0) is 17.8. The molecule has 2 N–H and O–H groups in total. The fourth-order valence-corrected chi connectivity index (χ4v) is 4.15. The van der Waals surface area contributed by atoms with Gasteiger partial charge in [-0.15, -0.1) is 0 Å². The molecule has 0 spiro atoms. The third kappa shape index (κ3) is 4.19. The minimum absolute atomic E-state index is 0.380. The van der Waals surface area contributed by atoms with E-state index in [2.05, 4.69) is 47.4 Å². The van der Waals surface area contributed by atoms with Crippen molar-refractivity contribution >= 4 is 5.69 Å². The van der Waals surface area contributed by atoms with Crippen LogP contribution in [0.25, 0.3) is 0 Å². The van der Waals surface area contributed by atoms with Crippen LogP contribution in [0.5, 0.6) is 5.75 Å². The lowest BCUT2D eigenvalue weighted by Gasteiger charge is -2.34. The average molecular weight is 353 g/mol. The number of ether oxygens (including phenoxy) is 1. The molecule has 0 saturated carbocycles. The van der Waals surface area contributed by atoms with Crippen molar-refractivity contribution in [2.45, 2.75) is 25.4 Å². The molecular formula is C22H29N2O2+. The van der Waals surface area contributed by atoms with Gasteiger partial charge in [0.2, 0.25) is 0 Å². The first-order chi connectivity index (χ1) is 12.8. The van der Waals surface area contributed by atoms with E-state index in [1.165, 1.54) is 34.6 Å². The van der Waals surface area contributed by atoms with Crippen LogP contribution in [0.1, 0.15) is 17.5 Å². The fraction of sp³-hybridized carbons (Fsp3) is 0.455. The van der Waals surface area contributed by atoms with Gasteiger partial charge in [-0.25, -0.2) is 0 Å². The number of fused-ring (bicyclic) bond motifs is 1. The zero-order valence-electron chi connectivity index (χ0n) is 15.4. The predicted octanol–water partition coefficient (Wildman–Crippen LogP) is 1.32. The summed E-state index contributed by atoms with van der Waals surface area (Å²) < 4.78 is 5.85. The molecule has 138 valence electrons. The number of benzene rings is 2. The number of hydrogen-bond donors (Lipinski definition) is 2. The number of aliphatic hydroxyl groups is 1. The van der Waals surface area contributed by atoms with Gasteiger partial charge in [0.1, 0.15) is 25.0 Å². The van der Waals surface area contributed by atoms with Crippen molar-refractivity contribution in [1.82, 2.24) is 0 Å². The smallest absolute Gasteiger partial charge is 0.137 e. The van der Waals surface area contributed by atoms with Crippen LogP contribution in [-0.2, 0) is 12.8 Å². The SMILES string of the molecule is O[C@@H](COc1ccc2c(c1)CCC2)C[NH+]1CCN(c2ccccc2)CC1. The van der Waals surface area contributed by atoms with E-state index in [1.54, 1.807) is 0 Å². The van der Waals surface area contributed by atoms with Crippen molar-refractivity contribution in [2.75, 3.05) is 44.2 Å². The number of piperazine rings is 1. The molecule has 0 amide bonds. The summed E-state index contributed by atoms with van der Waals surface area (Å²) in [5.41, 5.74) is 4.17. The second kappa shape index (κ2) is 8.11. The van der Waals surface area contributed by atoms with E-state index >= 15 is 0 Å². The first kappa shape index (κ1) is 17.4. The maximum Gasteiger partial charge on any atom is 0.137 e. The summed E-state index contributed by atoms with van der Waals surface area (Å²) in [7, 11) is 0. The standard InChI is InChI=1S/C22H28N2O2/c25-21(17-26-22-10-9-18-5-4-6-19(18)15-22)16-23-11-13-24(14-12-23)20-7-2-1-3-8-20/h1-3,7-10,15,21,25H,4-6,11-14,16-17H2/p+1/t21-/m1/s1. The van der Waals surface area contributed by atoms with Gasteiger partial charge in [-0.2, -0.15) is 0 Å². The largest absolute Gasteiger partial charge is 0.491 e. The van der Waals surface area contributed by atoms with Crippen LogP contribution in [0.2, 0.25) is 0 Å². The minimum atomic E-state index is -0.415. The van der Waals surface area contributed by atoms with Crippen LogP contribution >= 0.6 is 0 Å². The van der Waals surface area contributed by atoms with Crippen LogP contribution in [0.3, 0.4) is 0 Å². The molecule has 0 radical (unpaired) electrons. The summed E-state index contributed by atoms with van der Waals surface area (Å²) in [5.74, 6) is 0.897. The maximum absolute atomic E-state index is 10.4. The third-order valence-corrected chi connectivity index (χ3v) is 5.63. The second-order valence-corrected chi connectivity index (χ2v) is 7.53. The summed E-state index contributed by atoms with van der Waals surface area (Å²) in [5, 5.41) is 10.4. The summed E-state index contributed by atoms with van der Waals surface area (Å²) in [4.78, 5) is 3.89. The number of aryl methyl sites for hydroxylation is 2. The highest BCUT2D eigenvalue weighted by molar-refractivity contribution is 5.46. The molecule has 4 rings (SSSR count). The van der Waals surface area contributed by atoms with Gasteiger partial charge in [-0.1, -0.05) is 24.3 Å². The van der Waals surface area contributed by atoms with Crippen molar-refractivity contribution in [2.24, 2.45) is 0 Å². The Morgan fingerprint density at radius 2 is 1.77 bits per heavy atom. The number of nitrogens with one attached hydrogen (secondary N) is 1. The Morgan fingerprint density at radius 3 is 2.58 bits per heavy atom. The highest BCUT2D eigenvalue weighted by Crippen LogP contribution is 2.26. The van der Waals surface area contributed by atoms with Crippen molar-refractivity contribution in [3.05, 3.63) is 59.7 Å². The first-order valence-electron chi connectivity index (χ1n) is 9.84. The number of quaternary nitrogens is 1. The molecule has 1 aliphatic carbocycles. The average Bonchev–Trinajstić information content (AvgIpc) is 3.15. The van der Waals surface area contributed by atoms with Crippen LogP contribution in [0.4, 0.5) is 5.69 Å². The molecule has 4 nitrogen and oxygen atoms in total. The summed E-state index contributed by atoms with van der Waals surface area (Å²) in [6.45, 7) is 5.34. The molecule has 4 heteroatoms. The molecule has 2 aromatic carbocycles. The van der Waals surface area contributed by atoms with Gasteiger partial charge < -0.3 is 19.6 Å². The first-order valence-corrected chi connectivity index (χ1v) is 9.84. The molecule has 2 aromatic rings. The summed E-state index contributed by atoms with van der Waals surface area (Å²) in [6, 6.07) is 17.0. The Hall–Kier alpha value is -2.04. The molecule has 1 fully saturated rings. The van der Waals surface area contributed by atoms with Crippen LogP contribution in [0, 0.1) is 0 Å². The van der Waals surface area contributed by atoms with Gasteiger partial charge in [0.15, 0.2) is 0 Å². The Balaban J connectivity index is 1.21. The Bertz CT molecular complexity index is 711. The fourth-order valence-electron chi connectivity index (χ4n) is 4.15. The van der Waals surface area contributed by atoms with E-state index in [0.717, 1.165) is 44.9 Å². The number of rotatable bonds is 6. The highest BCUT2D eigenvalue weighted by atomic mass is 16.5. The van der Waals surface area contributed by atoms with E-state index in [-0.39, 0.29) is 0 Å². The normalized spacial score (nSPS) is 18.6. The molecule has 0 unspecified atom stereocenters. The number of aliphatic hydroxyl groups excluding tert-OH is 1. The number of nitrogens with zero attached hydrogens (tertiary/aromatic N) is 1. The predicted molar refractivity (Wildman–Crippen MR) is 104 cm³/mol. The third-order valence-electron chi connectivity index (χ3n) is 5.63. The van der Waals surface area contributed by atoms with Gasteiger partial charge in [-0.3, -0.25) is 0 Å². The molecule has 1 aliphatic heterocycles.